The molecule has 3 nitrogen and oxygen atoms in total. The van der Waals surface area contributed by atoms with Crippen LogP contribution in [-0.2, 0) is 6.18 Å². The van der Waals surface area contributed by atoms with Gasteiger partial charge >= 0.3 is 12.2 Å². The van der Waals surface area contributed by atoms with Crippen molar-refractivity contribution in [3.63, 3.8) is 0 Å². The molecule has 0 atom stereocenters. The van der Waals surface area contributed by atoms with E-state index in [1.54, 1.807) is 0 Å². The average molecular weight is 310 g/mol. The molecule has 0 saturated carbocycles. The Hall–Kier alpha value is -1.44. The Labute approximate surface area is 118 Å². The lowest BCUT2D eigenvalue weighted by Crippen LogP contribution is -2.33. The van der Waals surface area contributed by atoms with Gasteiger partial charge in [-0.1, -0.05) is 0 Å². The molecule has 20 heavy (non-hydrogen) atoms. The number of hydrogen-bond acceptors (Lipinski definition) is 2. The number of carbonyl (C=O) groups excluding carboxylic acids is 1. The highest BCUT2D eigenvalue weighted by Crippen LogP contribution is 2.31. The van der Waals surface area contributed by atoms with Crippen LogP contribution in [0.4, 0.5) is 28.0 Å². The van der Waals surface area contributed by atoms with E-state index in [2.05, 4.69) is 5.32 Å². The number of nitrogens with zero attached hydrogens (tertiary/aromatic N) is 1. The number of carbonyl (C=O) groups is 1. The number of thioether (sulfide) groups is 1. The van der Waals surface area contributed by atoms with Crippen molar-refractivity contribution < 1.29 is 22.4 Å². The van der Waals surface area contributed by atoms with Gasteiger partial charge in [-0.25, -0.2) is 9.18 Å². The number of benzene rings is 1. The Bertz CT molecular complexity index is 479. The molecular formula is C12H14F4N2OS. The molecule has 2 amide bonds. The molecule has 0 fully saturated rings. The van der Waals surface area contributed by atoms with Crippen molar-refractivity contribution >= 4 is 23.5 Å². The lowest BCUT2D eigenvalue weighted by molar-refractivity contribution is -0.137. The lowest BCUT2D eigenvalue weighted by atomic mass is 10.2. The summed E-state index contributed by atoms with van der Waals surface area (Å²) in [5, 5.41) is 2.24. The number of rotatable bonds is 4. The molecule has 1 aromatic carbocycles. The van der Waals surface area contributed by atoms with Crippen molar-refractivity contribution in [3.05, 3.63) is 29.6 Å². The molecule has 0 spiro atoms. The van der Waals surface area contributed by atoms with Gasteiger partial charge in [-0.15, -0.1) is 0 Å². The van der Waals surface area contributed by atoms with Crippen molar-refractivity contribution in [1.82, 2.24) is 4.90 Å². The van der Waals surface area contributed by atoms with Gasteiger partial charge in [0.1, 0.15) is 5.82 Å². The molecule has 0 aliphatic rings. The highest BCUT2D eigenvalue weighted by Gasteiger charge is 2.31. The van der Waals surface area contributed by atoms with Crippen LogP contribution in [0.5, 0.6) is 0 Å². The van der Waals surface area contributed by atoms with Crippen molar-refractivity contribution in [2.75, 3.05) is 30.9 Å². The third-order valence-electron chi connectivity index (χ3n) is 2.45. The summed E-state index contributed by atoms with van der Waals surface area (Å²) in [6.07, 6.45) is -2.79. The van der Waals surface area contributed by atoms with E-state index in [0.717, 1.165) is 6.07 Å². The third-order valence-corrected chi connectivity index (χ3v) is 3.04. The zero-order valence-electron chi connectivity index (χ0n) is 10.9. The van der Waals surface area contributed by atoms with Gasteiger partial charge in [0.05, 0.1) is 5.56 Å². The van der Waals surface area contributed by atoms with Crippen LogP contribution < -0.4 is 5.32 Å². The first-order valence-electron chi connectivity index (χ1n) is 5.63. The highest BCUT2D eigenvalue weighted by atomic mass is 32.2. The molecular weight excluding hydrogens is 296 g/mol. The minimum Gasteiger partial charge on any atom is -0.327 e. The van der Waals surface area contributed by atoms with Gasteiger partial charge < -0.3 is 10.2 Å². The second kappa shape index (κ2) is 6.83. The predicted molar refractivity (Wildman–Crippen MR) is 71.4 cm³/mol. The van der Waals surface area contributed by atoms with E-state index in [9.17, 15) is 22.4 Å². The summed E-state index contributed by atoms with van der Waals surface area (Å²) in [6.45, 7) is 0.439. The van der Waals surface area contributed by atoms with E-state index in [1.807, 2.05) is 6.26 Å². The Kier molecular flexibility index (Phi) is 5.67. The van der Waals surface area contributed by atoms with Crippen LogP contribution in [0, 0.1) is 5.82 Å². The summed E-state index contributed by atoms with van der Waals surface area (Å²) in [5.41, 5.74) is -1.36. The van der Waals surface area contributed by atoms with Crippen LogP contribution in [0.1, 0.15) is 5.56 Å². The smallest absolute Gasteiger partial charge is 0.327 e. The van der Waals surface area contributed by atoms with Crippen molar-refractivity contribution in [2.24, 2.45) is 0 Å². The minimum absolute atomic E-state index is 0.224. The molecule has 112 valence electrons. The Balaban J connectivity index is 2.82. The second-order valence-corrected chi connectivity index (χ2v) is 5.06. The van der Waals surface area contributed by atoms with Crippen molar-refractivity contribution in [1.29, 1.82) is 0 Å². The molecule has 0 aliphatic heterocycles. The first-order chi connectivity index (χ1) is 9.24. The first-order valence-corrected chi connectivity index (χ1v) is 7.02. The molecule has 1 rings (SSSR count). The zero-order valence-corrected chi connectivity index (χ0v) is 11.7. The van der Waals surface area contributed by atoms with Gasteiger partial charge in [-0.2, -0.15) is 24.9 Å². The standard InChI is InChI=1S/C12H14F4N2OS/c1-18(3-4-20-2)11(19)17-10-6-8(12(14,15)16)5-9(13)7-10/h5-7H,3-4H2,1-2H3,(H,17,19). The number of hydrogen-bond donors (Lipinski definition) is 1. The fraction of sp³-hybridized carbons (Fsp3) is 0.417. The average Bonchev–Trinajstić information content (AvgIpc) is 2.34. The van der Waals surface area contributed by atoms with Gasteiger partial charge in [0.2, 0.25) is 0 Å². The maximum absolute atomic E-state index is 13.1. The number of alkyl halides is 3. The Morgan fingerprint density at radius 3 is 2.55 bits per heavy atom. The molecule has 1 aromatic rings. The Morgan fingerprint density at radius 2 is 2.00 bits per heavy atom. The first kappa shape index (κ1) is 16.6. The van der Waals surface area contributed by atoms with Crippen LogP contribution >= 0.6 is 11.8 Å². The number of anilines is 1. The van der Waals surface area contributed by atoms with Gasteiger partial charge in [0, 0.05) is 25.0 Å². The van der Waals surface area contributed by atoms with E-state index in [1.165, 1.54) is 23.7 Å². The van der Waals surface area contributed by atoms with Crippen LogP contribution in [0.15, 0.2) is 18.2 Å². The largest absolute Gasteiger partial charge is 0.416 e. The monoisotopic (exact) mass is 310 g/mol. The zero-order chi connectivity index (χ0) is 15.3. The maximum Gasteiger partial charge on any atom is 0.416 e. The van der Waals surface area contributed by atoms with Gasteiger partial charge in [-0.05, 0) is 24.5 Å². The fourth-order valence-electron chi connectivity index (χ4n) is 1.37. The lowest BCUT2D eigenvalue weighted by Gasteiger charge is -2.18. The predicted octanol–water partition coefficient (Wildman–Crippen LogP) is 3.67. The Morgan fingerprint density at radius 1 is 1.35 bits per heavy atom. The quantitative estimate of drug-likeness (QED) is 0.861. The molecule has 8 heteroatoms. The number of nitrogens with one attached hydrogen (secondary N) is 1. The van der Waals surface area contributed by atoms with Crippen molar-refractivity contribution in [2.45, 2.75) is 6.18 Å². The normalized spacial score (nSPS) is 11.3. The molecule has 0 aromatic heterocycles. The molecule has 0 saturated heterocycles. The van der Waals surface area contributed by atoms with Gasteiger partial charge in [0.15, 0.2) is 0 Å². The molecule has 1 N–H and O–H groups in total. The molecule has 0 radical (unpaired) electrons. The minimum atomic E-state index is -4.66. The summed E-state index contributed by atoms with van der Waals surface area (Å²) < 4.78 is 50.7. The van der Waals surface area contributed by atoms with E-state index in [4.69, 9.17) is 0 Å². The topological polar surface area (TPSA) is 32.3 Å². The third kappa shape index (κ3) is 4.92. The van der Waals surface area contributed by atoms with Gasteiger partial charge in [0.25, 0.3) is 0 Å². The summed E-state index contributed by atoms with van der Waals surface area (Å²) in [4.78, 5) is 13.0. The van der Waals surface area contributed by atoms with E-state index in [-0.39, 0.29) is 5.69 Å². The van der Waals surface area contributed by atoms with E-state index in [0.29, 0.717) is 24.4 Å². The van der Waals surface area contributed by atoms with Gasteiger partial charge in [-0.3, -0.25) is 0 Å². The van der Waals surface area contributed by atoms with E-state index >= 15 is 0 Å². The molecule has 0 unspecified atom stereocenters. The molecule has 0 aliphatic carbocycles. The summed E-state index contributed by atoms with van der Waals surface area (Å²) in [6, 6.07) is 1.34. The fourth-order valence-corrected chi connectivity index (χ4v) is 1.83. The number of amides is 2. The van der Waals surface area contributed by atoms with Crippen LogP contribution in [0.2, 0.25) is 0 Å². The summed E-state index contributed by atoms with van der Waals surface area (Å²) in [5.74, 6) is -0.358. The van der Waals surface area contributed by atoms with E-state index < -0.39 is 23.6 Å². The highest BCUT2D eigenvalue weighted by molar-refractivity contribution is 7.98. The number of halogens is 4. The second-order valence-electron chi connectivity index (χ2n) is 4.07. The van der Waals surface area contributed by atoms with Crippen LogP contribution in [-0.4, -0.2) is 36.5 Å². The van der Waals surface area contributed by atoms with Crippen LogP contribution in [0.25, 0.3) is 0 Å². The summed E-state index contributed by atoms with van der Waals surface area (Å²) in [7, 11) is 1.51. The van der Waals surface area contributed by atoms with Crippen LogP contribution in [0.3, 0.4) is 0 Å². The number of urea groups is 1. The molecule has 0 heterocycles. The molecule has 0 bridgehead atoms. The SMILES string of the molecule is CSCCN(C)C(=O)Nc1cc(F)cc(C(F)(F)F)c1. The maximum atomic E-state index is 13.1. The van der Waals surface area contributed by atoms with Crippen molar-refractivity contribution in [3.8, 4) is 0 Å². The summed E-state index contributed by atoms with van der Waals surface area (Å²) >= 11 is 1.53.